The Balaban J connectivity index is 2.02. The molecule has 0 fully saturated rings. The van der Waals surface area contributed by atoms with Crippen LogP contribution in [-0.4, -0.2) is 22.0 Å². The van der Waals surface area contributed by atoms with Crippen molar-refractivity contribution in [3.05, 3.63) is 66.2 Å². The van der Waals surface area contributed by atoms with Crippen molar-refractivity contribution in [1.82, 2.24) is 5.32 Å². The Morgan fingerprint density at radius 3 is 2.44 bits per heavy atom. The average molecular weight is 331 g/mol. The molecular weight excluding hydrogens is 318 g/mol. The van der Waals surface area contributed by atoms with E-state index in [0.29, 0.717) is 11.1 Å². The van der Waals surface area contributed by atoms with E-state index in [9.17, 15) is 19.8 Å². The first-order valence-electron chi connectivity index (χ1n) is 7.60. The highest BCUT2D eigenvalue weighted by Crippen LogP contribution is 2.39. The van der Waals surface area contributed by atoms with E-state index in [4.69, 9.17) is 0 Å². The molecule has 0 spiro atoms. The lowest BCUT2D eigenvalue weighted by atomic mass is 9.89. The fourth-order valence-corrected chi connectivity index (χ4v) is 3.17. The van der Waals surface area contributed by atoms with Crippen LogP contribution in [-0.2, 0) is 4.79 Å². The number of carbonyl (C=O) groups is 2. The number of phenolic OH excluding ortho intramolecular Hbond substituents is 2. The number of hydrogen-bond donors (Lipinski definition) is 3. The molecule has 0 radical (unpaired) electrons. The number of carbonyl (C=O) groups excluding carboxylic acids is 2. The molecule has 3 N–H and O–H groups in total. The van der Waals surface area contributed by atoms with Crippen molar-refractivity contribution < 1.29 is 19.8 Å². The van der Waals surface area contributed by atoms with E-state index in [2.05, 4.69) is 11.9 Å². The van der Waals surface area contributed by atoms with Gasteiger partial charge < -0.3 is 10.2 Å². The molecule has 4 rings (SSSR count). The summed E-state index contributed by atoms with van der Waals surface area (Å²) in [5.74, 6) is -1.33. The highest BCUT2D eigenvalue weighted by molar-refractivity contribution is 6.31. The number of amides is 2. The third-order valence-corrected chi connectivity index (χ3v) is 4.32. The van der Waals surface area contributed by atoms with Gasteiger partial charge in [-0.1, -0.05) is 30.8 Å². The van der Waals surface area contributed by atoms with Gasteiger partial charge in [-0.15, -0.1) is 0 Å². The second-order valence-electron chi connectivity index (χ2n) is 5.89. The van der Waals surface area contributed by atoms with Gasteiger partial charge in [0.05, 0.1) is 5.56 Å². The van der Waals surface area contributed by atoms with E-state index in [-0.39, 0.29) is 28.2 Å². The molecule has 0 unspecified atom stereocenters. The summed E-state index contributed by atoms with van der Waals surface area (Å²) in [4.78, 5) is 23.9. The number of aromatic hydroxyl groups is 2. The van der Waals surface area contributed by atoms with Crippen molar-refractivity contribution in [2.45, 2.75) is 0 Å². The van der Waals surface area contributed by atoms with Gasteiger partial charge in [-0.05, 0) is 46.2 Å². The lowest BCUT2D eigenvalue weighted by molar-refractivity contribution is -0.114. The molecular formula is C20H13NO4. The van der Waals surface area contributed by atoms with Gasteiger partial charge in [0.2, 0.25) is 0 Å². The Labute approximate surface area is 142 Å². The lowest BCUT2D eigenvalue weighted by Gasteiger charge is -2.20. The Morgan fingerprint density at radius 1 is 0.880 bits per heavy atom. The topological polar surface area (TPSA) is 86.6 Å². The van der Waals surface area contributed by atoms with Gasteiger partial charge in [0.1, 0.15) is 11.5 Å². The van der Waals surface area contributed by atoms with Gasteiger partial charge in [0, 0.05) is 11.1 Å². The van der Waals surface area contributed by atoms with Crippen LogP contribution in [0.15, 0.2) is 55.1 Å². The molecule has 1 aliphatic heterocycles. The van der Waals surface area contributed by atoms with Crippen LogP contribution in [0, 0.1) is 0 Å². The maximum Gasteiger partial charge on any atom is 0.258 e. The highest BCUT2D eigenvalue weighted by Gasteiger charge is 2.29. The molecule has 1 aliphatic rings. The fraction of sp³-hybridized carbons (Fsp3) is 0. The van der Waals surface area contributed by atoms with E-state index < -0.39 is 11.8 Å². The third kappa shape index (κ3) is 2.25. The van der Waals surface area contributed by atoms with E-state index in [1.54, 1.807) is 18.2 Å². The van der Waals surface area contributed by atoms with E-state index in [0.717, 1.165) is 10.8 Å². The normalized spacial score (nSPS) is 13.7. The lowest BCUT2D eigenvalue weighted by Crippen LogP contribution is -2.36. The zero-order valence-electron chi connectivity index (χ0n) is 13.0. The van der Waals surface area contributed by atoms with Gasteiger partial charge >= 0.3 is 0 Å². The standard InChI is InChI=1S/C20H13NO4/c1-10-18-16(20(25)21-19(10)24)7-12(8-17(18)23)15-9-13(22)6-11-4-2-3-5-14(11)15/h2-9,22-23H,1H2,(H,21,24,25). The molecule has 0 aliphatic carbocycles. The summed E-state index contributed by atoms with van der Waals surface area (Å²) in [6.45, 7) is 3.63. The van der Waals surface area contributed by atoms with Crippen LogP contribution in [0.1, 0.15) is 15.9 Å². The van der Waals surface area contributed by atoms with Crippen LogP contribution in [0.4, 0.5) is 0 Å². The van der Waals surface area contributed by atoms with Crippen LogP contribution >= 0.6 is 0 Å². The van der Waals surface area contributed by atoms with Crippen LogP contribution in [0.25, 0.3) is 27.5 Å². The Kier molecular flexibility index (Phi) is 3.12. The molecule has 0 atom stereocenters. The summed E-state index contributed by atoms with van der Waals surface area (Å²) >= 11 is 0. The molecule has 1 heterocycles. The van der Waals surface area contributed by atoms with Crippen molar-refractivity contribution in [3.63, 3.8) is 0 Å². The quantitative estimate of drug-likeness (QED) is 0.472. The summed E-state index contributed by atoms with van der Waals surface area (Å²) in [6, 6.07) is 13.8. The minimum Gasteiger partial charge on any atom is -0.508 e. The predicted octanol–water partition coefficient (Wildman–Crippen LogP) is 3.20. The maximum absolute atomic E-state index is 12.2. The van der Waals surface area contributed by atoms with Crippen molar-refractivity contribution in [2.75, 3.05) is 0 Å². The van der Waals surface area contributed by atoms with E-state index in [1.807, 2.05) is 24.3 Å². The average Bonchev–Trinajstić information content (AvgIpc) is 2.58. The number of hydrogen-bond acceptors (Lipinski definition) is 4. The molecule has 0 bridgehead atoms. The number of benzene rings is 3. The molecule has 5 heteroatoms. The summed E-state index contributed by atoms with van der Waals surface area (Å²) in [5, 5.41) is 24.3. The first kappa shape index (κ1) is 15.0. The molecule has 122 valence electrons. The number of rotatable bonds is 1. The molecule has 3 aromatic rings. The van der Waals surface area contributed by atoms with Crippen molar-refractivity contribution in [2.24, 2.45) is 0 Å². The number of phenols is 2. The minimum absolute atomic E-state index is 0.0411. The zero-order chi connectivity index (χ0) is 17.7. The molecule has 2 amide bonds. The second kappa shape index (κ2) is 5.21. The minimum atomic E-state index is -0.622. The number of fused-ring (bicyclic) bond motifs is 2. The van der Waals surface area contributed by atoms with Gasteiger partial charge in [-0.25, -0.2) is 0 Å². The Bertz CT molecular complexity index is 1100. The van der Waals surface area contributed by atoms with Crippen LogP contribution in [0.2, 0.25) is 0 Å². The molecule has 0 saturated heterocycles. The van der Waals surface area contributed by atoms with Crippen molar-refractivity contribution >= 4 is 28.2 Å². The van der Waals surface area contributed by atoms with Gasteiger partial charge in [-0.2, -0.15) is 0 Å². The SMILES string of the molecule is C=C1C(=O)NC(=O)c2cc(-c3cc(O)cc4ccccc34)cc(O)c21. The summed E-state index contributed by atoms with van der Waals surface area (Å²) in [7, 11) is 0. The highest BCUT2D eigenvalue weighted by atomic mass is 16.3. The fourth-order valence-electron chi connectivity index (χ4n) is 3.17. The predicted molar refractivity (Wildman–Crippen MR) is 94.2 cm³/mol. The first-order chi connectivity index (χ1) is 12.0. The largest absolute Gasteiger partial charge is 0.508 e. The van der Waals surface area contributed by atoms with Gasteiger partial charge in [-0.3, -0.25) is 14.9 Å². The Morgan fingerprint density at radius 2 is 1.64 bits per heavy atom. The third-order valence-electron chi connectivity index (χ3n) is 4.32. The smallest absolute Gasteiger partial charge is 0.258 e. The van der Waals surface area contributed by atoms with Crippen molar-refractivity contribution in [1.29, 1.82) is 0 Å². The number of nitrogens with one attached hydrogen (secondary N) is 1. The molecule has 0 saturated carbocycles. The first-order valence-corrected chi connectivity index (χ1v) is 7.60. The molecule has 5 nitrogen and oxygen atoms in total. The van der Waals surface area contributed by atoms with Crippen LogP contribution < -0.4 is 5.32 Å². The molecule has 0 aromatic heterocycles. The van der Waals surface area contributed by atoms with E-state index in [1.165, 1.54) is 6.07 Å². The summed E-state index contributed by atoms with van der Waals surface area (Å²) < 4.78 is 0. The second-order valence-corrected chi connectivity index (χ2v) is 5.89. The van der Waals surface area contributed by atoms with Crippen LogP contribution in [0.3, 0.4) is 0 Å². The van der Waals surface area contributed by atoms with Gasteiger partial charge in [0.15, 0.2) is 0 Å². The molecule has 3 aromatic carbocycles. The summed E-state index contributed by atoms with van der Waals surface area (Å²) in [5.41, 5.74) is 1.58. The zero-order valence-corrected chi connectivity index (χ0v) is 13.0. The van der Waals surface area contributed by atoms with Crippen LogP contribution in [0.5, 0.6) is 11.5 Å². The Hall–Kier alpha value is -3.60. The number of imide groups is 1. The summed E-state index contributed by atoms with van der Waals surface area (Å²) in [6.07, 6.45) is 0. The maximum atomic E-state index is 12.2. The molecule has 25 heavy (non-hydrogen) atoms. The monoisotopic (exact) mass is 331 g/mol. The van der Waals surface area contributed by atoms with Crippen molar-refractivity contribution in [3.8, 4) is 22.6 Å². The van der Waals surface area contributed by atoms with Gasteiger partial charge in [0.25, 0.3) is 11.8 Å². The van der Waals surface area contributed by atoms with E-state index >= 15 is 0 Å².